The molecular formula is CH3AsI2-2. The molecule has 0 N–H and O–H groups in total. The summed E-state index contributed by atoms with van der Waals surface area (Å²) in [5.74, 6) is 0. The number of hydrogen-bond donors (Lipinski definition) is 0. The van der Waals surface area contributed by atoms with E-state index in [4.69, 9.17) is 0 Å². The van der Waals surface area contributed by atoms with Crippen molar-refractivity contribution in [2.24, 2.45) is 0 Å². The Morgan fingerprint density at radius 2 is 1.00 bits per heavy atom. The van der Waals surface area contributed by atoms with Crippen LogP contribution in [0.4, 0.5) is 0 Å². The Kier molecular flexibility index (Phi) is 82.7. The minimum atomic E-state index is 0. The molecular weight excluding hydrogens is 341 g/mol. The SMILES string of the molecule is C[As].[I-].[I-]. The summed E-state index contributed by atoms with van der Waals surface area (Å²) in [5.41, 5.74) is 1.94. The average Bonchev–Trinajstić information content (AvgIpc) is 1.00. The molecule has 0 spiro atoms. The third-order valence-electron chi connectivity index (χ3n) is 0. The van der Waals surface area contributed by atoms with Gasteiger partial charge in [-0.15, -0.1) is 0 Å². The van der Waals surface area contributed by atoms with Gasteiger partial charge in [-0.3, -0.25) is 0 Å². The van der Waals surface area contributed by atoms with Gasteiger partial charge in [-0.05, 0) is 0 Å². The van der Waals surface area contributed by atoms with E-state index in [1.165, 1.54) is 0 Å². The second-order valence-electron chi connectivity index (χ2n) is 0. The summed E-state index contributed by atoms with van der Waals surface area (Å²) < 4.78 is 0. The van der Waals surface area contributed by atoms with E-state index in [1.54, 1.807) is 0 Å². The van der Waals surface area contributed by atoms with Gasteiger partial charge in [0.2, 0.25) is 0 Å². The average molecular weight is 344 g/mol. The van der Waals surface area contributed by atoms with Crippen LogP contribution in [-0.2, 0) is 0 Å². The van der Waals surface area contributed by atoms with E-state index in [0.717, 1.165) is 0 Å². The van der Waals surface area contributed by atoms with Crippen molar-refractivity contribution >= 4 is 16.9 Å². The summed E-state index contributed by atoms with van der Waals surface area (Å²) in [5, 5.41) is 0. The van der Waals surface area contributed by atoms with Crippen molar-refractivity contribution in [3.63, 3.8) is 0 Å². The maximum atomic E-state index is 2.31. The summed E-state index contributed by atoms with van der Waals surface area (Å²) in [7, 11) is 0. The first-order valence-corrected chi connectivity index (χ1v) is 2.32. The van der Waals surface area contributed by atoms with E-state index in [9.17, 15) is 0 Å². The zero-order valence-electron chi connectivity index (χ0n) is 2.20. The predicted octanol–water partition coefficient (Wildman–Crippen LogP) is -5.79. The van der Waals surface area contributed by atoms with Crippen LogP contribution in [0.3, 0.4) is 0 Å². The summed E-state index contributed by atoms with van der Waals surface area (Å²) in [4.78, 5) is 0. The second kappa shape index (κ2) is 19.9. The van der Waals surface area contributed by atoms with Gasteiger partial charge >= 0.3 is 22.6 Å². The quantitative estimate of drug-likeness (QED) is 0.304. The molecule has 0 fully saturated rings. The third kappa shape index (κ3) is 8.99. The van der Waals surface area contributed by atoms with E-state index in [0.29, 0.717) is 0 Å². The van der Waals surface area contributed by atoms with Crippen molar-refractivity contribution in [3.05, 3.63) is 0 Å². The zero-order chi connectivity index (χ0) is 2.00. The topological polar surface area (TPSA) is 0 Å². The Labute approximate surface area is 69.6 Å². The Hall–Kier alpha value is 2.02. The summed E-state index contributed by atoms with van der Waals surface area (Å²) in [6, 6.07) is 0. The molecule has 4 heavy (non-hydrogen) atoms. The van der Waals surface area contributed by atoms with Gasteiger partial charge in [0.15, 0.2) is 0 Å². The number of halogens is 2. The van der Waals surface area contributed by atoms with Crippen LogP contribution in [0.2, 0.25) is 5.71 Å². The molecule has 0 aromatic carbocycles. The van der Waals surface area contributed by atoms with Crippen LogP contribution >= 0.6 is 0 Å². The minimum Gasteiger partial charge on any atom is -1.00 e. The van der Waals surface area contributed by atoms with Crippen LogP contribution in [0.25, 0.3) is 0 Å². The number of rotatable bonds is 0. The molecule has 0 aliphatic carbocycles. The first kappa shape index (κ1) is 16.6. The molecule has 0 saturated carbocycles. The van der Waals surface area contributed by atoms with Crippen molar-refractivity contribution in [3.8, 4) is 0 Å². The maximum Gasteiger partial charge on any atom is -1.00 e. The third-order valence-corrected chi connectivity index (χ3v) is 0. The molecule has 0 rings (SSSR count). The monoisotopic (exact) mass is 344 g/mol. The van der Waals surface area contributed by atoms with E-state index in [1.807, 2.05) is 5.71 Å². The molecule has 3 heteroatoms. The van der Waals surface area contributed by atoms with E-state index < -0.39 is 0 Å². The molecule has 2 radical (unpaired) electrons. The van der Waals surface area contributed by atoms with Crippen molar-refractivity contribution in [2.45, 2.75) is 5.71 Å². The molecule has 0 nitrogen and oxygen atoms in total. The second-order valence-corrected chi connectivity index (χ2v) is 0. The van der Waals surface area contributed by atoms with E-state index in [-0.39, 0.29) is 48.0 Å². The van der Waals surface area contributed by atoms with Gasteiger partial charge in [-0.2, -0.15) is 0 Å². The summed E-state index contributed by atoms with van der Waals surface area (Å²) in [6.45, 7) is 0. The van der Waals surface area contributed by atoms with E-state index >= 15 is 0 Å². The fourth-order valence-electron chi connectivity index (χ4n) is 0. The van der Waals surface area contributed by atoms with Gasteiger partial charge in [0.1, 0.15) is 0 Å². The zero-order valence-corrected chi connectivity index (χ0v) is 8.39. The molecule has 0 saturated heterocycles. The van der Waals surface area contributed by atoms with Gasteiger partial charge in [0.05, 0.1) is 0 Å². The molecule has 0 aliphatic heterocycles. The molecule has 0 amide bonds. The fourth-order valence-corrected chi connectivity index (χ4v) is 0. The standard InChI is InChI=1S/CH3As.2HI/c1-2;;/h1H3;2*1H/p-2. The van der Waals surface area contributed by atoms with Crippen LogP contribution in [0.15, 0.2) is 0 Å². The molecule has 0 aromatic rings. The molecule has 28 valence electrons. The summed E-state index contributed by atoms with van der Waals surface area (Å²) >= 11 is 2.31. The van der Waals surface area contributed by atoms with Crippen LogP contribution in [0.1, 0.15) is 0 Å². The Morgan fingerprint density at radius 1 is 1.00 bits per heavy atom. The number of hydrogen-bond acceptors (Lipinski definition) is 0. The van der Waals surface area contributed by atoms with Crippen LogP contribution < -0.4 is 48.0 Å². The molecule has 0 aliphatic rings. The van der Waals surface area contributed by atoms with Crippen molar-refractivity contribution in [2.75, 3.05) is 0 Å². The van der Waals surface area contributed by atoms with Crippen molar-refractivity contribution in [1.29, 1.82) is 0 Å². The normalized spacial score (nSPS) is 1.50. The van der Waals surface area contributed by atoms with Gasteiger partial charge in [-0.25, -0.2) is 0 Å². The molecule has 0 heterocycles. The maximum absolute atomic E-state index is 2.31. The van der Waals surface area contributed by atoms with Gasteiger partial charge in [0, 0.05) is 0 Å². The van der Waals surface area contributed by atoms with Gasteiger partial charge < -0.3 is 48.0 Å². The van der Waals surface area contributed by atoms with Crippen molar-refractivity contribution in [1.82, 2.24) is 0 Å². The molecule has 0 bridgehead atoms. The van der Waals surface area contributed by atoms with Crippen LogP contribution in [-0.4, -0.2) is 16.9 Å². The molecule has 0 unspecified atom stereocenters. The molecule has 0 aromatic heterocycles. The fraction of sp³-hybridized carbons (Fsp3) is 1.00. The molecule has 0 atom stereocenters. The Morgan fingerprint density at radius 3 is 1.00 bits per heavy atom. The van der Waals surface area contributed by atoms with E-state index in [2.05, 4.69) is 16.9 Å². The Bertz CT molecular complexity index is 6.00. The first-order valence-electron chi connectivity index (χ1n) is 0.447. The summed E-state index contributed by atoms with van der Waals surface area (Å²) in [6.07, 6.45) is 0. The Balaban J connectivity index is -0.00000000500. The van der Waals surface area contributed by atoms with Crippen LogP contribution in [0, 0.1) is 0 Å². The minimum absolute atomic E-state index is 0. The largest absolute Gasteiger partial charge is 1.00 e. The first-order chi connectivity index (χ1) is 1.00. The van der Waals surface area contributed by atoms with Crippen LogP contribution in [0.5, 0.6) is 0 Å². The van der Waals surface area contributed by atoms with Gasteiger partial charge in [0.25, 0.3) is 0 Å². The van der Waals surface area contributed by atoms with Gasteiger partial charge in [-0.1, -0.05) is 0 Å². The predicted molar refractivity (Wildman–Crippen MR) is 11.6 cm³/mol. The van der Waals surface area contributed by atoms with Crippen molar-refractivity contribution < 1.29 is 48.0 Å². The smallest absolute Gasteiger partial charge is 1.00 e.